The van der Waals surface area contributed by atoms with Crippen molar-refractivity contribution in [1.82, 2.24) is 5.43 Å². The number of nitrogens with two attached hydrogens (primary N) is 1. The molecule has 1 unspecified atom stereocenters. The molecule has 1 aromatic carbocycles. The molecule has 1 saturated carbocycles. The number of alkyl halides is 2. The summed E-state index contributed by atoms with van der Waals surface area (Å²) in [5.41, 5.74) is 3.90. The molecule has 0 amide bonds. The number of benzene rings is 1. The fourth-order valence-corrected chi connectivity index (χ4v) is 2.88. The maximum atomic E-state index is 13.2. The van der Waals surface area contributed by atoms with Crippen LogP contribution >= 0.6 is 0 Å². The Balaban J connectivity index is 1.98. The second-order valence-corrected chi connectivity index (χ2v) is 5.52. The van der Waals surface area contributed by atoms with Crippen molar-refractivity contribution in [3.63, 3.8) is 0 Å². The largest absolute Gasteiger partial charge is 0.497 e. The van der Waals surface area contributed by atoms with Crippen molar-refractivity contribution < 1.29 is 13.5 Å². The molecule has 1 atom stereocenters. The summed E-state index contributed by atoms with van der Waals surface area (Å²) in [5.74, 6) is 4.13. The number of halogens is 2. The van der Waals surface area contributed by atoms with Gasteiger partial charge in [0.15, 0.2) is 0 Å². The summed E-state index contributed by atoms with van der Waals surface area (Å²) in [5, 5.41) is 0. The van der Waals surface area contributed by atoms with Crippen molar-refractivity contribution in [1.29, 1.82) is 0 Å². The highest BCUT2D eigenvalue weighted by atomic mass is 19.3. The van der Waals surface area contributed by atoms with Crippen LogP contribution in [0, 0.1) is 5.92 Å². The smallest absolute Gasteiger partial charge is 0.248 e. The molecule has 1 aliphatic carbocycles. The molecule has 0 radical (unpaired) electrons. The van der Waals surface area contributed by atoms with Crippen LogP contribution in [0.4, 0.5) is 8.78 Å². The lowest BCUT2D eigenvalue weighted by atomic mass is 9.80. The van der Waals surface area contributed by atoms with Gasteiger partial charge in [0, 0.05) is 18.9 Å². The van der Waals surface area contributed by atoms with E-state index in [1.54, 1.807) is 7.11 Å². The van der Waals surface area contributed by atoms with Gasteiger partial charge >= 0.3 is 0 Å². The quantitative estimate of drug-likeness (QED) is 0.645. The second-order valence-electron chi connectivity index (χ2n) is 5.52. The van der Waals surface area contributed by atoms with Crippen molar-refractivity contribution in [3.8, 4) is 5.75 Å². The van der Waals surface area contributed by atoms with Gasteiger partial charge in [-0.05, 0) is 42.9 Å². The van der Waals surface area contributed by atoms with Crippen molar-refractivity contribution >= 4 is 0 Å². The monoisotopic (exact) mass is 284 g/mol. The third-order valence-corrected chi connectivity index (χ3v) is 4.13. The van der Waals surface area contributed by atoms with E-state index in [1.807, 2.05) is 24.3 Å². The van der Waals surface area contributed by atoms with Crippen LogP contribution in [0.5, 0.6) is 5.75 Å². The van der Waals surface area contributed by atoms with E-state index in [0.29, 0.717) is 12.8 Å². The molecule has 0 aromatic heterocycles. The Labute approximate surface area is 118 Å². The fourth-order valence-electron chi connectivity index (χ4n) is 2.88. The number of ether oxygens (including phenoxy) is 1. The zero-order chi connectivity index (χ0) is 14.6. The van der Waals surface area contributed by atoms with Crippen LogP contribution in [0.15, 0.2) is 24.3 Å². The Morgan fingerprint density at radius 3 is 2.70 bits per heavy atom. The minimum atomic E-state index is -2.49. The fraction of sp³-hybridized carbons (Fsp3) is 0.600. The summed E-state index contributed by atoms with van der Waals surface area (Å²) in [7, 11) is 1.63. The summed E-state index contributed by atoms with van der Waals surface area (Å²) in [4.78, 5) is 0. The Morgan fingerprint density at radius 2 is 2.10 bits per heavy atom. The number of rotatable bonds is 5. The van der Waals surface area contributed by atoms with E-state index in [2.05, 4.69) is 5.43 Å². The molecular weight excluding hydrogens is 262 g/mol. The van der Waals surface area contributed by atoms with Gasteiger partial charge in [0.1, 0.15) is 5.75 Å². The minimum absolute atomic E-state index is 0.0261. The SMILES string of the molecule is COc1cccc(CC(NN)C2CCC(F)(F)CC2)c1. The van der Waals surface area contributed by atoms with Crippen LogP contribution in [0.2, 0.25) is 0 Å². The van der Waals surface area contributed by atoms with Gasteiger partial charge in [0.25, 0.3) is 0 Å². The third-order valence-electron chi connectivity index (χ3n) is 4.13. The zero-order valence-corrected chi connectivity index (χ0v) is 11.7. The first-order valence-electron chi connectivity index (χ1n) is 7.01. The molecule has 0 saturated heterocycles. The molecule has 112 valence electrons. The highest BCUT2D eigenvalue weighted by Gasteiger charge is 2.37. The topological polar surface area (TPSA) is 47.3 Å². The Kier molecular flexibility index (Phi) is 4.94. The number of hydrazine groups is 1. The van der Waals surface area contributed by atoms with E-state index < -0.39 is 5.92 Å². The molecule has 1 fully saturated rings. The minimum Gasteiger partial charge on any atom is -0.497 e. The average molecular weight is 284 g/mol. The van der Waals surface area contributed by atoms with Crippen molar-refractivity contribution in [2.45, 2.75) is 44.1 Å². The van der Waals surface area contributed by atoms with Crippen LogP contribution in [0.3, 0.4) is 0 Å². The van der Waals surface area contributed by atoms with Crippen LogP contribution in [-0.4, -0.2) is 19.1 Å². The molecule has 0 bridgehead atoms. The van der Waals surface area contributed by atoms with Crippen molar-refractivity contribution in [2.24, 2.45) is 11.8 Å². The summed E-state index contributed by atoms with van der Waals surface area (Å²) in [6.45, 7) is 0. The average Bonchev–Trinajstić information content (AvgIpc) is 2.45. The molecule has 0 spiro atoms. The molecule has 20 heavy (non-hydrogen) atoms. The molecule has 3 nitrogen and oxygen atoms in total. The Bertz CT molecular complexity index is 430. The van der Waals surface area contributed by atoms with E-state index in [9.17, 15) is 8.78 Å². The molecule has 0 heterocycles. The van der Waals surface area contributed by atoms with Crippen molar-refractivity contribution in [2.75, 3.05) is 7.11 Å². The molecule has 1 aromatic rings. The van der Waals surface area contributed by atoms with Gasteiger partial charge < -0.3 is 4.74 Å². The van der Waals surface area contributed by atoms with Crippen LogP contribution in [0.25, 0.3) is 0 Å². The summed E-state index contributed by atoms with van der Waals surface area (Å²) in [6.07, 6.45) is 1.70. The van der Waals surface area contributed by atoms with Gasteiger partial charge in [-0.25, -0.2) is 8.78 Å². The van der Waals surface area contributed by atoms with E-state index in [0.717, 1.165) is 17.7 Å². The van der Waals surface area contributed by atoms with E-state index in [4.69, 9.17) is 10.6 Å². The predicted molar refractivity (Wildman–Crippen MR) is 74.7 cm³/mol. The lowest BCUT2D eigenvalue weighted by Crippen LogP contribution is -2.44. The Morgan fingerprint density at radius 1 is 1.40 bits per heavy atom. The second kappa shape index (κ2) is 6.50. The van der Waals surface area contributed by atoms with Gasteiger partial charge in [-0.2, -0.15) is 0 Å². The van der Waals surface area contributed by atoms with Crippen LogP contribution in [-0.2, 0) is 6.42 Å². The summed E-state index contributed by atoms with van der Waals surface area (Å²) >= 11 is 0. The normalized spacial score (nSPS) is 20.6. The van der Waals surface area contributed by atoms with Gasteiger partial charge in [-0.15, -0.1) is 0 Å². The highest BCUT2D eigenvalue weighted by molar-refractivity contribution is 5.29. The van der Waals surface area contributed by atoms with E-state index >= 15 is 0 Å². The van der Waals surface area contributed by atoms with Crippen LogP contribution < -0.4 is 16.0 Å². The number of methoxy groups -OCH3 is 1. The molecule has 3 N–H and O–H groups in total. The molecule has 5 heteroatoms. The highest BCUT2D eigenvalue weighted by Crippen LogP contribution is 2.37. The molecule has 2 rings (SSSR count). The molecule has 1 aliphatic rings. The number of hydrogen-bond donors (Lipinski definition) is 2. The van der Waals surface area contributed by atoms with Crippen molar-refractivity contribution in [3.05, 3.63) is 29.8 Å². The standard InChI is InChI=1S/C15H22F2N2O/c1-20-13-4-2-3-11(9-13)10-14(19-18)12-5-7-15(16,17)8-6-12/h2-4,9,12,14,19H,5-8,10,18H2,1H3. The lowest BCUT2D eigenvalue weighted by molar-refractivity contribution is -0.0495. The predicted octanol–water partition coefficient (Wildman–Crippen LogP) is 2.90. The van der Waals surface area contributed by atoms with Crippen LogP contribution in [0.1, 0.15) is 31.2 Å². The Hall–Kier alpha value is -1.20. The van der Waals surface area contributed by atoms with Gasteiger partial charge in [-0.3, -0.25) is 11.3 Å². The van der Waals surface area contributed by atoms with Gasteiger partial charge in [0.05, 0.1) is 7.11 Å². The lowest BCUT2D eigenvalue weighted by Gasteiger charge is -2.33. The maximum Gasteiger partial charge on any atom is 0.248 e. The molecule has 0 aliphatic heterocycles. The van der Waals surface area contributed by atoms with Gasteiger partial charge in [-0.1, -0.05) is 12.1 Å². The first kappa shape index (κ1) is 15.2. The third kappa shape index (κ3) is 3.90. The maximum absolute atomic E-state index is 13.2. The first-order chi connectivity index (χ1) is 9.54. The van der Waals surface area contributed by atoms with Gasteiger partial charge in [0.2, 0.25) is 5.92 Å². The van der Waals surface area contributed by atoms with E-state index in [-0.39, 0.29) is 24.8 Å². The molecular formula is C15H22F2N2O. The summed E-state index contributed by atoms with van der Waals surface area (Å²) < 4.78 is 31.6. The van der Waals surface area contributed by atoms with E-state index in [1.165, 1.54) is 0 Å². The summed E-state index contributed by atoms with van der Waals surface area (Å²) in [6, 6.07) is 7.80. The number of nitrogens with one attached hydrogen (secondary N) is 1. The first-order valence-corrected chi connectivity index (χ1v) is 7.01. The number of hydrogen-bond acceptors (Lipinski definition) is 3. The zero-order valence-electron chi connectivity index (χ0n) is 11.7.